The Labute approximate surface area is 230 Å². The topological polar surface area (TPSA) is 211 Å². The number of carboxylic acid groups (broad SMARTS) is 3. The molecule has 0 bridgehead atoms. The zero-order valence-corrected chi connectivity index (χ0v) is 22.0. The summed E-state index contributed by atoms with van der Waals surface area (Å²) in [7, 11) is 0. The lowest BCUT2D eigenvalue weighted by atomic mass is 10.0. The zero-order chi connectivity index (χ0) is 29.7. The molecule has 0 spiro atoms. The minimum absolute atomic E-state index is 0.00228. The third-order valence-electron chi connectivity index (χ3n) is 6.02. The molecule has 40 heavy (non-hydrogen) atoms. The molecule has 0 aliphatic heterocycles. The Morgan fingerprint density at radius 2 is 1.38 bits per heavy atom. The number of aliphatic carboxylic acids is 3. The smallest absolute Gasteiger partial charge is 0.326 e. The van der Waals surface area contributed by atoms with E-state index in [9.17, 15) is 33.9 Å². The number of amides is 4. The number of unbranched alkanes of at least 4 members (excludes halogenated alkanes) is 1. The number of benzene rings is 2. The summed E-state index contributed by atoms with van der Waals surface area (Å²) in [5.41, 5.74) is 0.870. The quantitative estimate of drug-likeness (QED) is 0.148. The second kappa shape index (κ2) is 15.7. The van der Waals surface area contributed by atoms with Gasteiger partial charge in [-0.2, -0.15) is 0 Å². The summed E-state index contributed by atoms with van der Waals surface area (Å²) in [6, 6.07) is 8.89. The molecule has 0 heterocycles. The highest BCUT2D eigenvalue weighted by atomic mass is 16.4. The van der Waals surface area contributed by atoms with Crippen LogP contribution < -0.4 is 21.3 Å². The van der Waals surface area contributed by atoms with Crippen molar-refractivity contribution < 1.29 is 44.1 Å². The number of urea groups is 1. The first kappa shape index (κ1) is 31.5. The van der Waals surface area contributed by atoms with E-state index in [4.69, 9.17) is 10.2 Å². The first-order valence-electron chi connectivity index (χ1n) is 12.7. The normalized spacial score (nSPS) is 12.9. The number of nitrogens with one attached hydrogen (secondary N) is 4. The molecular formula is C27H34N4O9. The van der Waals surface area contributed by atoms with E-state index in [1.165, 1.54) is 6.92 Å². The van der Waals surface area contributed by atoms with Gasteiger partial charge >= 0.3 is 23.9 Å². The molecule has 2 rings (SSSR count). The van der Waals surface area contributed by atoms with Gasteiger partial charge in [-0.15, -0.1) is 0 Å². The Morgan fingerprint density at radius 3 is 1.98 bits per heavy atom. The Kier molecular flexibility index (Phi) is 12.4. The largest absolute Gasteiger partial charge is 0.481 e. The first-order chi connectivity index (χ1) is 19.0. The Balaban J connectivity index is 1.84. The van der Waals surface area contributed by atoms with Gasteiger partial charge in [0.15, 0.2) is 0 Å². The van der Waals surface area contributed by atoms with E-state index in [2.05, 4.69) is 21.3 Å². The second-order valence-electron chi connectivity index (χ2n) is 9.26. The predicted molar refractivity (Wildman–Crippen MR) is 144 cm³/mol. The molecule has 0 saturated heterocycles. The second-order valence-corrected chi connectivity index (χ2v) is 9.26. The molecule has 216 valence electrons. The van der Waals surface area contributed by atoms with Crippen LogP contribution in [-0.4, -0.2) is 75.7 Å². The van der Waals surface area contributed by atoms with Gasteiger partial charge < -0.3 is 36.6 Å². The Hall–Kier alpha value is -4.68. The standard InChI is InChI=1S/C27H34N4O9/c1-16(32)29-22(15-17-9-10-18-6-2-3-7-19(18)14-17)24(35)28-13-5-4-8-20(25(36)37)30-27(40)31-21(26(38)39)11-12-23(33)34/h2-3,6-7,9-10,14,20-22H,4-5,8,11-13,15H2,1H3,(H,28,35)(H,29,32)(H,33,34)(H,36,37)(H,38,39)(H2,30,31,40)/t20-,21-,22-/m0/s1. The van der Waals surface area contributed by atoms with Gasteiger partial charge in [-0.1, -0.05) is 42.5 Å². The minimum Gasteiger partial charge on any atom is -0.481 e. The average Bonchev–Trinajstić information content (AvgIpc) is 2.88. The van der Waals surface area contributed by atoms with Crippen LogP contribution in [0.25, 0.3) is 10.8 Å². The molecular weight excluding hydrogens is 524 g/mol. The molecule has 0 aliphatic carbocycles. The van der Waals surface area contributed by atoms with E-state index >= 15 is 0 Å². The van der Waals surface area contributed by atoms with E-state index in [-0.39, 0.29) is 31.7 Å². The zero-order valence-electron chi connectivity index (χ0n) is 22.0. The van der Waals surface area contributed by atoms with Crippen molar-refractivity contribution in [1.29, 1.82) is 0 Å². The third kappa shape index (κ3) is 11.0. The van der Waals surface area contributed by atoms with Crippen LogP contribution in [0.15, 0.2) is 42.5 Å². The van der Waals surface area contributed by atoms with Crippen molar-refractivity contribution in [2.45, 2.75) is 63.6 Å². The number of carbonyl (C=O) groups is 6. The molecule has 3 atom stereocenters. The van der Waals surface area contributed by atoms with Crippen molar-refractivity contribution in [3.8, 4) is 0 Å². The highest BCUT2D eigenvalue weighted by molar-refractivity contribution is 5.88. The molecule has 13 nitrogen and oxygen atoms in total. The van der Waals surface area contributed by atoms with E-state index in [1.54, 1.807) is 0 Å². The molecule has 2 aromatic rings. The summed E-state index contributed by atoms with van der Waals surface area (Å²) >= 11 is 0. The molecule has 4 amide bonds. The van der Waals surface area contributed by atoms with Crippen LogP contribution in [0.4, 0.5) is 4.79 Å². The molecule has 0 unspecified atom stereocenters. The van der Waals surface area contributed by atoms with E-state index in [0.717, 1.165) is 16.3 Å². The monoisotopic (exact) mass is 558 g/mol. The van der Waals surface area contributed by atoms with Crippen LogP contribution in [-0.2, 0) is 30.4 Å². The lowest BCUT2D eigenvalue weighted by Crippen LogP contribution is -2.51. The number of hydrogen-bond donors (Lipinski definition) is 7. The van der Waals surface area contributed by atoms with Crippen LogP contribution in [0, 0.1) is 0 Å². The van der Waals surface area contributed by atoms with E-state index in [1.807, 2.05) is 42.5 Å². The van der Waals surface area contributed by atoms with Gasteiger partial charge in [0.05, 0.1) is 0 Å². The van der Waals surface area contributed by atoms with Gasteiger partial charge in [-0.25, -0.2) is 14.4 Å². The summed E-state index contributed by atoms with van der Waals surface area (Å²) in [5.74, 6) is -4.77. The maximum absolute atomic E-state index is 12.8. The average molecular weight is 559 g/mol. The lowest BCUT2D eigenvalue weighted by molar-refractivity contribution is -0.141. The number of hydrogen-bond acceptors (Lipinski definition) is 6. The maximum Gasteiger partial charge on any atom is 0.326 e. The maximum atomic E-state index is 12.8. The van der Waals surface area contributed by atoms with Gasteiger partial charge in [0.25, 0.3) is 0 Å². The van der Waals surface area contributed by atoms with Crippen molar-refractivity contribution in [2.75, 3.05) is 6.54 Å². The molecule has 0 radical (unpaired) electrons. The fourth-order valence-electron chi connectivity index (χ4n) is 4.01. The van der Waals surface area contributed by atoms with Crippen molar-refractivity contribution in [1.82, 2.24) is 21.3 Å². The van der Waals surface area contributed by atoms with E-state index in [0.29, 0.717) is 12.8 Å². The highest BCUT2D eigenvalue weighted by Crippen LogP contribution is 2.17. The molecule has 7 N–H and O–H groups in total. The highest BCUT2D eigenvalue weighted by Gasteiger charge is 2.25. The van der Waals surface area contributed by atoms with Gasteiger partial charge in [-0.3, -0.25) is 14.4 Å². The van der Waals surface area contributed by atoms with Gasteiger partial charge in [0, 0.05) is 26.3 Å². The van der Waals surface area contributed by atoms with Crippen LogP contribution in [0.2, 0.25) is 0 Å². The number of rotatable bonds is 16. The summed E-state index contributed by atoms with van der Waals surface area (Å²) in [5, 5.41) is 38.9. The van der Waals surface area contributed by atoms with Crippen LogP contribution in [0.5, 0.6) is 0 Å². The Morgan fingerprint density at radius 1 is 0.750 bits per heavy atom. The fraction of sp³-hybridized carbons (Fsp3) is 0.407. The molecule has 2 aromatic carbocycles. The van der Waals surface area contributed by atoms with Crippen LogP contribution >= 0.6 is 0 Å². The SMILES string of the molecule is CC(=O)N[C@@H](Cc1ccc2ccccc2c1)C(=O)NCCCC[C@H](NC(=O)N[C@@H](CCC(=O)O)C(=O)O)C(=O)O. The number of carbonyl (C=O) groups excluding carboxylic acids is 3. The van der Waals surface area contributed by atoms with E-state index < -0.39 is 54.4 Å². The summed E-state index contributed by atoms with van der Waals surface area (Å²) in [4.78, 5) is 70.0. The summed E-state index contributed by atoms with van der Waals surface area (Å²) < 4.78 is 0. The Bertz CT molecular complexity index is 1230. The molecule has 13 heteroatoms. The van der Waals surface area contributed by atoms with Crippen LogP contribution in [0.3, 0.4) is 0 Å². The van der Waals surface area contributed by atoms with Crippen LogP contribution in [0.1, 0.15) is 44.6 Å². The van der Waals surface area contributed by atoms with Gasteiger partial charge in [-0.05, 0) is 42.0 Å². The van der Waals surface area contributed by atoms with Crippen molar-refractivity contribution >= 4 is 46.5 Å². The summed E-state index contributed by atoms with van der Waals surface area (Å²) in [6.07, 6.45) is 0.0937. The lowest BCUT2D eigenvalue weighted by Gasteiger charge is -2.19. The van der Waals surface area contributed by atoms with Crippen molar-refractivity contribution in [2.24, 2.45) is 0 Å². The third-order valence-corrected chi connectivity index (χ3v) is 6.02. The molecule has 0 aliphatic rings. The number of fused-ring (bicyclic) bond motifs is 1. The number of carboxylic acids is 3. The molecule has 0 fully saturated rings. The first-order valence-corrected chi connectivity index (χ1v) is 12.7. The predicted octanol–water partition coefficient (Wildman–Crippen LogP) is 1.24. The van der Waals surface area contributed by atoms with Crippen molar-refractivity contribution in [3.05, 3.63) is 48.0 Å². The fourth-order valence-corrected chi connectivity index (χ4v) is 4.01. The van der Waals surface area contributed by atoms with Crippen molar-refractivity contribution in [3.63, 3.8) is 0 Å². The molecule has 0 saturated carbocycles. The summed E-state index contributed by atoms with van der Waals surface area (Å²) in [6.45, 7) is 1.52. The van der Waals surface area contributed by atoms with Gasteiger partial charge in [0.2, 0.25) is 11.8 Å². The molecule has 0 aromatic heterocycles. The minimum atomic E-state index is -1.49. The van der Waals surface area contributed by atoms with Gasteiger partial charge in [0.1, 0.15) is 18.1 Å².